The third kappa shape index (κ3) is 4.10. The highest BCUT2D eigenvalue weighted by molar-refractivity contribution is 7.09. The Kier molecular flexibility index (Phi) is 5.23. The fourth-order valence-corrected chi connectivity index (χ4v) is 2.48. The third-order valence-corrected chi connectivity index (χ3v) is 3.82. The number of benzene rings is 1. The molecule has 0 spiro atoms. The molecule has 1 heterocycles. The molecule has 0 atom stereocenters. The number of esters is 1. The first kappa shape index (κ1) is 15.1. The quantitative estimate of drug-likeness (QED) is 0.783. The molecule has 0 bridgehead atoms. The van der Waals surface area contributed by atoms with Crippen molar-refractivity contribution in [3.05, 3.63) is 44.3 Å². The number of thiazole rings is 1. The lowest BCUT2D eigenvalue weighted by atomic mass is 10.3. The van der Waals surface area contributed by atoms with Gasteiger partial charge in [-0.1, -0.05) is 23.2 Å². The van der Waals surface area contributed by atoms with E-state index in [4.69, 9.17) is 27.9 Å². The summed E-state index contributed by atoms with van der Waals surface area (Å²) in [6.45, 7) is 0.270. The summed E-state index contributed by atoms with van der Waals surface area (Å²) in [4.78, 5) is 15.4. The zero-order valence-electron chi connectivity index (χ0n) is 10.6. The zero-order chi connectivity index (χ0) is 14.5. The van der Waals surface area contributed by atoms with Crippen molar-refractivity contribution >= 4 is 40.5 Å². The van der Waals surface area contributed by atoms with Crippen molar-refractivity contribution in [1.29, 1.82) is 0 Å². The smallest absolute Gasteiger partial charge is 0.311 e. The molecule has 0 saturated carbocycles. The van der Waals surface area contributed by atoms with E-state index in [1.54, 1.807) is 23.6 Å². The van der Waals surface area contributed by atoms with Gasteiger partial charge in [-0.2, -0.15) is 0 Å². The topological polar surface area (TPSA) is 48.4 Å². The van der Waals surface area contributed by atoms with Gasteiger partial charge in [0.2, 0.25) is 0 Å². The van der Waals surface area contributed by atoms with Crippen LogP contribution in [0.2, 0.25) is 10.0 Å². The fourth-order valence-electron chi connectivity index (χ4n) is 1.44. The summed E-state index contributed by atoms with van der Waals surface area (Å²) in [5.41, 5.74) is 0.664. The molecular weight excluding hydrogens is 321 g/mol. The minimum absolute atomic E-state index is 0.158. The van der Waals surface area contributed by atoms with Gasteiger partial charge in [0.1, 0.15) is 17.4 Å². The third-order valence-electron chi connectivity index (χ3n) is 2.40. The molecule has 0 unspecified atom stereocenters. The second kappa shape index (κ2) is 6.92. The number of nitrogens with zero attached hydrogens (tertiary/aromatic N) is 1. The average Bonchev–Trinajstić information content (AvgIpc) is 2.87. The summed E-state index contributed by atoms with van der Waals surface area (Å²) in [7, 11) is 1.35. The van der Waals surface area contributed by atoms with Gasteiger partial charge in [0, 0.05) is 16.5 Å². The average molecular weight is 332 g/mol. The predicted molar refractivity (Wildman–Crippen MR) is 78.6 cm³/mol. The van der Waals surface area contributed by atoms with E-state index < -0.39 is 0 Å². The molecule has 0 N–H and O–H groups in total. The molecule has 1 aromatic heterocycles. The molecular formula is C13H11Cl2NO3S. The first-order valence-corrected chi connectivity index (χ1v) is 7.30. The molecule has 20 heavy (non-hydrogen) atoms. The Bertz CT molecular complexity index is 615. The minimum Gasteiger partial charge on any atom is -0.485 e. The number of ether oxygens (including phenoxy) is 2. The van der Waals surface area contributed by atoms with Gasteiger partial charge < -0.3 is 9.47 Å². The molecule has 0 fully saturated rings. The number of halogens is 2. The Labute approximate surface area is 130 Å². The maximum atomic E-state index is 11.1. The molecule has 2 rings (SSSR count). The van der Waals surface area contributed by atoms with Crippen LogP contribution in [-0.2, 0) is 22.6 Å². The van der Waals surface area contributed by atoms with E-state index in [-0.39, 0.29) is 19.0 Å². The summed E-state index contributed by atoms with van der Waals surface area (Å²) in [5, 5.41) is 3.59. The molecule has 1 aromatic carbocycles. The molecule has 0 radical (unpaired) electrons. The lowest BCUT2D eigenvalue weighted by molar-refractivity contribution is -0.139. The van der Waals surface area contributed by atoms with Crippen LogP contribution in [-0.4, -0.2) is 18.1 Å². The maximum absolute atomic E-state index is 11.1. The molecule has 4 nitrogen and oxygen atoms in total. The minimum atomic E-state index is -0.319. The highest BCUT2D eigenvalue weighted by Crippen LogP contribution is 2.28. The number of hydrogen-bond donors (Lipinski definition) is 0. The molecule has 0 aliphatic heterocycles. The van der Waals surface area contributed by atoms with E-state index in [2.05, 4.69) is 9.72 Å². The van der Waals surface area contributed by atoms with Crippen LogP contribution in [0.25, 0.3) is 0 Å². The SMILES string of the molecule is COC(=O)Cc1csc(COc2cc(Cl)ccc2Cl)n1. The molecule has 0 aliphatic rings. The Balaban J connectivity index is 1.97. The largest absolute Gasteiger partial charge is 0.485 e. The Morgan fingerprint density at radius 1 is 1.40 bits per heavy atom. The monoisotopic (exact) mass is 331 g/mol. The van der Waals surface area contributed by atoms with Crippen LogP contribution in [0.15, 0.2) is 23.6 Å². The highest BCUT2D eigenvalue weighted by Gasteiger charge is 2.09. The van der Waals surface area contributed by atoms with Crippen molar-refractivity contribution in [1.82, 2.24) is 4.98 Å². The summed E-state index contributed by atoms with van der Waals surface area (Å²) in [6, 6.07) is 5.01. The number of hydrogen-bond acceptors (Lipinski definition) is 5. The molecule has 106 valence electrons. The van der Waals surface area contributed by atoms with E-state index >= 15 is 0 Å². The lowest BCUT2D eigenvalue weighted by Crippen LogP contribution is -2.05. The highest BCUT2D eigenvalue weighted by atomic mass is 35.5. The first-order chi connectivity index (χ1) is 9.58. The van der Waals surface area contributed by atoms with Crippen LogP contribution >= 0.6 is 34.5 Å². The maximum Gasteiger partial charge on any atom is 0.311 e. The van der Waals surface area contributed by atoms with Crippen LogP contribution in [0.3, 0.4) is 0 Å². The molecule has 2 aromatic rings. The summed E-state index contributed by atoms with van der Waals surface area (Å²) >= 11 is 13.3. The van der Waals surface area contributed by atoms with Gasteiger partial charge in [-0.25, -0.2) is 4.98 Å². The number of carbonyl (C=O) groups excluding carboxylic acids is 1. The molecule has 7 heteroatoms. The van der Waals surface area contributed by atoms with Crippen LogP contribution in [0.5, 0.6) is 5.75 Å². The van der Waals surface area contributed by atoms with E-state index in [1.165, 1.54) is 18.4 Å². The Hall–Kier alpha value is -1.30. The van der Waals surface area contributed by atoms with Gasteiger partial charge in [-0.05, 0) is 12.1 Å². The number of carbonyl (C=O) groups is 1. The normalized spacial score (nSPS) is 10.3. The summed E-state index contributed by atoms with van der Waals surface area (Å²) < 4.78 is 10.1. The van der Waals surface area contributed by atoms with Crippen LogP contribution in [0, 0.1) is 0 Å². The van der Waals surface area contributed by atoms with E-state index in [0.717, 1.165) is 5.01 Å². The van der Waals surface area contributed by atoms with Crippen LogP contribution < -0.4 is 4.74 Å². The zero-order valence-corrected chi connectivity index (χ0v) is 12.9. The summed E-state index contributed by atoms with van der Waals surface area (Å²) in [6.07, 6.45) is 0.158. The summed E-state index contributed by atoms with van der Waals surface area (Å²) in [5.74, 6) is 0.185. The van der Waals surface area contributed by atoms with E-state index in [0.29, 0.717) is 21.5 Å². The van der Waals surface area contributed by atoms with E-state index in [1.807, 2.05) is 0 Å². The Morgan fingerprint density at radius 2 is 2.20 bits per heavy atom. The lowest BCUT2D eigenvalue weighted by Gasteiger charge is -2.06. The standard InChI is InChI=1S/C13H11Cl2NO3S/c1-18-13(17)5-9-7-20-12(16-9)6-19-11-4-8(14)2-3-10(11)15/h2-4,7H,5-6H2,1H3. The number of methoxy groups -OCH3 is 1. The fraction of sp³-hybridized carbons (Fsp3) is 0.231. The van der Waals surface area contributed by atoms with Crippen molar-refractivity contribution in [2.75, 3.05) is 7.11 Å². The predicted octanol–water partition coefficient (Wildman–Crippen LogP) is 3.74. The van der Waals surface area contributed by atoms with Crippen molar-refractivity contribution in [2.45, 2.75) is 13.0 Å². The molecule has 0 aliphatic carbocycles. The Morgan fingerprint density at radius 3 is 2.95 bits per heavy atom. The molecule has 0 amide bonds. The van der Waals surface area contributed by atoms with Crippen molar-refractivity contribution < 1.29 is 14.3 Å². The van der Waals surface area contributed by atoms with Gasteiger partial charge in [0.25, 0.3) is 0 Å². The van der Waals surface area contributed by atoms with Gasteiger partial charge in [0.05, 0.1) is 24.2 Å². The van der Waals surface area contributed by atoms with Crippen LogP contribution in [0.4, 0.5) is 0 Å². The number of rotatable bonds is 5. The second-order valence-electron chi connectivity index (χ2n) is 3.85. The van der Waals surface area contributed by atoms with Gasteiger partial charge in [-0.15, -0.1) is 11.3 Å². The van der Waals surface area contributed by atoms with E-state index in [9.17, 15) is 4.79 Å². The second-order valence-corrected chi connectivity index (χ2v) is 5.64. The van der Waals surface area contributed by atoms with Crippen molar-refractivity contribution in [2.24, 2.45) is 0 Å². The van der Waals surface area contributed by atoms with Gasteiger partial charge in [-0.3, -0.25) is 4.79 Å². The molecule has 0 saturated heterocycles. The van der Waals surface area contributed by atoms with Gasteiger partial charge in [0.15, 0.2) is 0 Å². The first-order valence-electron chi connectivity index (χ1n) is 5.66. The van der Waals surface area contributed by atoms with Gasteiger partial charge >= 0.3 is 5.97 Å². The number of aromatic nitrogens is 1. The van der Waals surface area contributed by atoms with Crippen molar-refractivity contribution in [3.8, 4) is 5.75 Å². The van der Waals surface area contributed by atoms with Crippen molar-refractivity contribution in [3.63, 3.8) is 0 Å². The van der Waals surface area contributed by atoms with Crippen LogP contribution in [0.1, 0.15) is 10.7 Å².